The lowest BCUT2D eigenvalue weighted by Crippen LogP contribution is -2.37. The third-order valence-corrected chi connectivity index (χ3v) is 10.2. The van der Waals surface area contributed by atoms with Crippen molar-refractivity contribution in [1.29, 1.82) is 0 Å². The van der Waals surface area contributed by atoms with Gasteiger partial charge in [0, 0.05) is 13.1 Å². The number of hydrogen-bond acceptors (Lipinski definition) is 3. The van der Waals surface area contributed by atoms with Crippen LogP contribution in [0.3, 0.4) is 0 Å². The highest BCUT2D eigenvalue weighted by atomic mass is 15.2. The molecule has 0 aromatic heterocycles. The average Bonchev–Trinajstić information content (AvgIpc) is 3.10. The maximum absolute atomic E-state index is 5.92. The summed E-state index contributed by atoms with van der Waals surface area (Å²) in [5.41, 5.74) is 5.92. The van der Waals surface area contributed by atoms with Crippen LogP contribution >= 0.6 is 0 Å². The molecular weight excluding hydrogens is 583 g/mol. The van der Waals surface area contributed by atoms with E-state index in [0.717, 1.165) is 13.0 Å². The summed E-state index contributed by atoms with van der Waals surface area (Å²) in [5.74, 6) is 0. The Labute approximate surface area is 304 Å². The van der Waals surface area contributed by atoms with Gasteiger partial charge in [-0.1, -0.05) is 167 Å². The monoisotopic (exact) mass is 674 g/mol. The fraction of sp³-hybridized carbons (Fsp3) is 0.911. The van der Waals surface area contributed by atoms with Gasteiger partial charge in [-0.25, -0.2) is 0 Å². The van der Waals surface area contributed by atoms with Gasteiger partial charge in [-0.05, 0) is 110 Å². The zero-order chi connectivity index (χ0) is 34.9. The van der Waals surface area contributed by atoms with E-state index in [1.54, 1.807) is 0 Å². The van der Waals surface area contributed by atoms with Crippen LogP contribution in [-0.4, -0.2) is 55.6 Å². The largest absolute Gasteiger partial charge is 0.330 e. The maximum Gasteiger partial charge on any atom is 0.0109 e. The van der Waals surface area contributed by atoms with E-state index in [-0.39, 0.29) is 0 Å². The minimum absolute atomic E-state index is 0.818. The first-order valence-corrected chi connectivity index (χ1v) is 22.2. The van der Waals surface area contributed by atoms with Crippen molar-refractivity contribution in [3.05, 3.63) is 24.3 Å². The van der Waals surface area contributed by atoms with Gasteiger partial charge in [-0.2, -0.15) is 0 Å². The molecule has 0 bridgehead atoms. The number of rotatable bonds is 41. The van der Waals surface area contributed by atoms with E-state index in [1.807, 2.05) is 0 Å². The molecule has 0 aliphatic rings. The SMILES string of the molecule is CCCCCCCCC=CCCCCCCCCN(CCCC)CCN(CCCN)CCCCCCCCC=CCCCCCCCC. The molecule has 0 aromatic carbocycles. The summed E-state index contributed by atoms with van der Waals surface area (Å²) in [5, 5.41) is 0. The molecule has 0 atom stereocenters. The van der Waals surface area contributed by atoms with Gasteiger partial charge in [0.05, 0.1) is 0 Å². The van der Waals surface area contributed by atoms with Crippen molar-refractivity contribution in [2.75, 3.05) is 45.8 Å². The Morgan fingerprint density at radius 2 is 0.562 bits per heavy atom. The fourth-order valence-corrected chi connectivity index (χ4v) is 6.82. The Balaban J connectivity index is 3.93. The maximum atomic E-state index is 5.92. The molecule has 0 spiro atoms. The van der Waals surface area contributed by atoms with Crippen molar-refractivity contribution in [2.45, 2.75) is 220 Å². The summed E-state index contributed by atoms with van der Waals surface area (Å²) in [7, 11) is 0. The van der Waals surface area contributed by atoms with Gasteiger partial charge in [0.2, 0.25) is 0 Å². The smallest absolute Gasteiger partial charge is 0.0109 e. The van der Waals surface area contributed by atoms with Gasteiger partial charge < -0.3 is 15.5 Å². The van der Waals surface area contributed by atoms with Crippen LogP contribution in [0.1, 0.15) is 220 Å². The molecular formula is C45H91N3. The zero-order valence-electron chi connectivity index (χ0n) is 33.7. The van der Waals surface area contributed by atoms with Crippen LogP contribution in [0.2, 0.25) is 0 Å². The van der Waals surface area contributed by atoms with Crippen molar-refractivity contribution in [3.8, 4) is 0 Å². The summed E-state index contributed by atoms with van der Waals surface area (Å²) in [6.07, 6.45) is 52.4. The molecule has 0 heterocycles. The summed E-state index contributed by atoms with van der Waals surface area (Å²) < 4.78 is 0. The van der Waals surface area contributed by atoms with E-state index >= 15 is 0 Å². The van der Waals surface area contributed by atoms with Gasteiger partial charge in [0.15, 0.2) is 0 Å². The number of nitrogens with zero attached hydrogens (tertiary/aromatic N) is 2. The summed E-state index contributed by atoms with van der Waals surface area (Å²) >= 11 is 0. The molecule has 286 valence electrons. The third-order valence-electron chi connectivity index (χ3n) is 10.2. The average molecular weight is 674 g/mol. The standard InChI is InChI=1S/C45H91N3/c1-4-7-10-12-14-16-18-20-22-24-26-28-30-32-34-36-41-47(40-9-6-3)44-45-48(43-38-39-46)42-37-35-33-31-29-27-25-23-21-19-17-15-13-11-8-5-2/h20-23H,4-19,24-46H2,1-3H3. The third kappa shape index (κ3) is 38.2. The van der Waals surface area contributed by atoms with Crippen LogP contribution < -0.4 is 5.73 Å². The topological polar surface area (TPSA) is 32.5 Å². The molecule has 0 fully saturated rings. The van der Waals surface area contributed by atoms with Gasteiger partial charge >= 0.3 is 0 Å². The molecule has 48 heavy (non-hydrogen) atoms. The lowest BCUT2D eigenvalue weighted by molar-refractivity contribution is 0.195. The first-order valence-electron chi connectivity index (χ1n) is 22.2. The van der Waals surface area contributed by atoms with Crippen LogP contribution in [0.4, 0.5) is 0 Å². The fourth-order valence-electron chi connectivity index (χ4n) is 6.82. The summed E-state index contributed by atoms with van der Waals surface area (Å²) in [6.45, 7) is 15.2. The second kappa shape index (κ2) is 42.5. The van der Waals surface area contributed by atoms with E-state index in [2.05, 4.69) is 54.9 Å². The van der Waals surface area contributed by atoms with E-state index in [0.29, 0.717) is 0 Å². The predicted molar refractivity (Wildman–Crippen MR) is 220 cm³/mol. The van der Waals surface area contributed by atoms with Crippen LogP contribution in [-0.2, 0) is 0 Å². The van der Waals surface area contributed by atoms with E-state index < -0.39 is 0 Å². The normalized spacial score (nSPS) is 12.2. The van der Waals surface area contributed by atoms with Crippen molar-refractivity contribution in [3.63, 3.8) is 0 Å². The molecule has 0 aromatic rings. The molecule has 3 nitrogen and oxygen atoms in total. The Bertz CT molecular complexity index is 576. The molecule has 0 unspecified atom stereocenters. The van der Waals surface area contributed by atoms with Crippen LogP contribution in [0.5, 0.6) is 0 Å². The van der Waals surface area contributed by atoms with Gasteiger partial charge in [0.1, 0.15) is 0 Å². The Morgan fingerprint density at radius 1 is 0.292 bits per heavy atom. The molecule has 0 aliphatic heterocycles. The van der Waals surface area contributed by atoms with Crippen molar-refractivity contribution < 1.29 is 0 Å². The van der Waals surface area contributed by atoms with Gasteiger partial charge in [-0.15, -0.1) is 0 Å². The molecule has 3 heteroatoms. The lowest BCUT2D eigenvalue weighted by Gasteiger charge is -2.28. The zero-order valence-corrected chi connectivity index (χ0v) is 33.7. The Hall–Kier alpha value is -0.640. The highest BCUT2D eigenvalue weighted by molar-refractivity contribution is 4.82. The van der Waals surface area contributed by atoms with Gasteiger partial charge in [0.25, 0.3) is 0 Å². The van der Waals surface area contributed by atoms with E-state index in [1.165, 1.54) is 232 Å². The summed E-state index contributed by atoms with van der Waals surface area (Å²) in [6, 6.07) is 0. The quantitative estimate of drug-likeness (QED) is 0.0518. The Kier molecular flexibility index (Phi) is 42.0. The molecule has 2 N–H and O–H groups in total. The second-order valence-electron chi connectivity index (χ2n) is 15.1. The highest BCUT2D eigenvalue weighted by Crippen LogP contribution is 2.13. The van der Waals surface area contributed by atoms with E-state index in [9.17, 15) is 0 Å². The van der Waals surface area contributed by atoms with Crippen molar-refractivity contribution in [1.82, 2.24) is 9.80 Å². The minimum Gasteiger partial charge on any atom is -0.330 e. The minimum atomic E-state index is 0.818. The molecule has 0 amide bonds. The van der Waals surface area contributed by atoms with Crippen LogP contribution in [0.25, 0.3) is 0 Å². The predicted octanol–water partition coefficient (Wildman–Crippen LogP) is 13.8. The Morgan fingerprint density at radius 3 is 0.896 bits per heavy atom. The first kappa shape index (κ1) is 47.4. The van der Waals surface area contributed by atoms with Crippen molar-refractivity contribution in [2.24, 2.45) is 5.73 Å². The molecule has 0 saturated heterocycles. The van der Waals surface area contributed by atoms with Gasteiger partial charge in [-0.3, -0.25) is 0 Å². The molecule has 0 aliphatic carbocycles. The molecule has 0 rings (SSSR count). The highest BCUT2D eigenvalue weighted by Gasteiger charge is 2.09. The summed E-state index contributed by atoms with van der Waals surface area (Å²) in [4.78, 5) is 5.50. The van der Waals surface area contributed by atoms with E-state index in [4.69, 9.17) is 5.73 Å². The van der Waals surface area contributed by atoms with Crippen molar-refractivity contribution >= 4 is 0 Å². The lowest BCUT2D eigenvalue weighted by atomic mass is 10.1. The second-order valence-corrected chi connectivity index (χ2v) is 15.1. The molecule has 0 radical (unpaired) electrons. The molecule has 0 saturated carbocycles. The first-order chi connectivity index (χ1) is 23.8. The van der Waals surface area contributed by atoms with Crippen LogP contribution in [0, 0.1) is 0 Å². The number of allylic oxidation sites excluding steroid dienone is 4. The number of hydrogen-bond donors (Lipinski definition) is 1. The van der Waals surface area contributed by atoms with Crippen LogP contribution in [0.15, 0.2) is 24.3 Å². The number of unbranched alkanes of at least 4 members (excludes halogenated alkanes) is 25. The number of nitrogens with two attached hydrogens (primary N) is 1.